The molecule has 0 aliphatic carbocycles. The van der Waals surface area contributed by atoms with Gasteiger partial charge in [0.15, 0.2) is 0 Å². The molecule has 0 spiro atoms. The molecule has 0 N–H and O–H groups in total. The van der Waals surface area contributed by atoms with E-state index >= 15 is 0 Å². The molecule has 0 saturated carbocycles. The van der Waals surface area contributed by atoms with Crippen LogP contribution in [0.3, 0.4) is 0 Å². The maximum Gasteiger partial charge on any atom is 0.134 e. The lowest BCUT2D eigenvalue weighted by Crippen LogP contribution is -1.78. The van der Waals surface area contributed by atoms with Gasteiger partial charge in [0.05, 0.1) is 6.61 Å². The summed E-state index contributed by atoms with van der Waals surface area (Å²) in [6.07, 6.45) is 1.57. The number of allylic oxidation sites excluding steroid dienone is 1. The summed E-state index contributed by atoms with van der Waals surface area (Å²) in [6.45, 7) is 4.09. The molecule has 0 fully saturated rings. The SMILES string of the molecule is CCO/C=C(\F)CC. The van der Waals surface area contributed by atoms with Gasteiger partial charge in [-0.15, -0.1) is 0 Å². The van der Waals surface area contributed by atoms with E-state index in [0.717, 1.165) is 6.26 Å². The Kier molecular flexibility index (Phi) is 4.32. The standard InChI is InChI=1S/C6H11FO/c1-3-6(7)5-8-4-2/h5H,3-4H2,1-2H3/b6-5-. The van der Waals surface area contributed by atoms with E-state index in [1.54, 1.807) is 6.92 Å². The summed E-state index contributed by atoms with van der Waals surface area (Å²) in [5.74, 6) is -0.202. The Labute approximate surface area is 49.2 Å². The summed E-state index contributed by atoms with van der Waals surface area (Å²) in [6, 6.07) is 0. The highest BCUT2D eigenvalue weighted by Gasteiger charge is 1.85. The van der Waals surface area contributed by atoms with Gasteiger partial charge in [0, 0.05) is 0 Å². The third-order valence-electron chi connectivity index (χ3n) is 0.716. The van der Waals surface area contributed by atoms with Crippen molar-refractivity contribution in [2.45, 2.75) is 20.3 Å². The zero-order valence-electron chi connectivity index (χ0n) is 5.28. The predicted octanol–water partition coefficient (Wildman–Crippen LogP) is 2.24. The number of rotatable bonds is 3. The van der Waals surface area contributed by atoms with Crippen molar-refractivity contribution in [3.8, 4) is 0 Å². The minimum absolute atomic E-state index is 0.202. The van der Waals surface area contributed by atoms with Crippen molar-refractivity contribution < 1.29 is 9.13 Å². The maximum absolute atomic E-state index is 12.1. The Morgan fingerprint density at radius 2 is 2.25 bits per heavy atom. The van der Waals surface area contributed by atoms with Crippen LogP contribution in [0.25, 0.3) is 0 Å². The van der Waals surface area contributed by atoms with Crippen LogP contribution in [-0.4, -0.2) is 6.61 Å². The van der Waals surface area contributed by atoms with Crippen LogP contribution in [-0.2, 0) is 4.74 Å². The van der Waals surface area contributed by atoms with Crippen molar-refractivity contribution in [3.05, 3.63) is 12.1 Å². The molecule has 8 heavy (non-hydrogen) atoms. The molecule has 2 heteroatoms. The van der Waals surface area contributed by atoms with E-state index in [9.17, 15) is 4.39 Å². The Bertz CT molecular complexity index is 78.6. The molecule has 0 aromatic heterocycles. The lowest BCUT2D eigenvalue weighted by atomic mass is 10.4. The molecule has 0 amide bonds. The van der Waals surface area contributed by atoms with Crippen LogP contribution in [0.5, 0.6) is 0 Å². The molecule has 0 bridgehead atoms. The Hall–Kier alpha value is -0.530. The van der Waals surface area contributed by atoms with Crippen LogP contribution >= 0.6 is 0 Å². The van der Waals surface area contributed by atoms with Gasteiger partial charge < -0.3 is 4.74 Å². The summed E-state index contributed by atoms with van der Waals surface area (Å²) in [5, 5.41) is 0. The van der Waals surface area contributed by atoms with Crippen LogP contribution in [0, 0.1) is 0 Å². The lowest BCUT2D eigenvalue weighted by molar-refractivity contribution is 0.257. The highest BCUT2D eigenvalue weighted by Crippen LogP contribution is 2.00. The minimum Gasteiger partial charge on any atom is -0.499 e. The van der Waals surface area contributed by atoms with Crippen molar-refractivity contribution >= 4 is 0 Å². The highest BCUT2D eigenvalue weighted by atomic mass is 19.1. The van der Waals surface area contributed by atoms with Crippen molar-refractivity contribution in [2.24, 2.45) is 0 Å². The number of ether oxygens (including phenoxy) is 1. The zero-order valence-corrected chi connectivity index (χ0v) is 5.28. The average molecular weight is 118 g/mol. The van der Waals surface area contributed by atoms with Crippen molar-refractivity contribution in [1.29, 1.82) is 0 Å². The van der Waals surface area contributed by atoms with E-state index < -0.39 is 0 Å². The molecular weight excluding hydrogens is 107 g/mol. The van der Waals surface area contributed by atoms with Gasteiger partial charge in [0.25, 0.3) is 0 Å². The number of hydrogen-bond acceptors (Lipinski definition) is 1. The Morgan fingerprint density at radius 3 is 2.62 bits per heavy atom. The average Bonchev–Trinajstić information content (AvgIpc) is 1.83. The van der Waals surface area contributed by atoms with E-state index in [1.807, 2.05) is 6.92 Å². The highest BCUT2D eigenvalue weighted by molar-refractivity contribution is 4.82. The first-order valence-corrected chi connectivity index (χ1v) is 2.77. The monoisotopic (exact) mass is 118 g/mol. The van der Waals surface area contributed by atoms with Gasteiger partial charge in [-0.2, -0.15) is 0 Å². The third kappa shape index (κ3) is 3.65. The second-order valence-electron chi connectivity index (χ2n) is 1.37. The molecule has 0 aliphatic heterocycles. The molecule has 1 nitrogen and oxygen atoms in total. The molecule has 0 unspecified atom stereocenters. The topological polar surface area (TPSA) is 9.23 Å². The molecule has 0 saturated heterocycles. The summed E-state index contributed by atoms with van der Waals surface area (Å²) in [7, 11) is 0. The maximum atomic E-state index is 12.1. The quantitative estimate of drug-likeness (QED) is 0.516. The largest absolute Gasteiger partial charge is 0.499 e. The molecule has 0 heterocycles. The zero-order chi connectivity index (χ0) is 6.41. The van der Waals surface area contributed by atoms with Crippen molar-refractivity contribution in [3.63, 3.8) is 0 Å². The number of halogens is 1. The van der Waals surface area contributed by atoms with Crippen molar-refractivity contribution in [1.82, 2.24) is 0 Å². The summed E-state index contributed by atoms with van der Waals surface area (Å²) in [5.41, 5.74) is 0. The normalized spacial score (nSPS) is 11.6. The van der Waals surface area contributed by atoms with Crippen LogP contribution < -0.4 is 0 Å². The first kappa shape index (κ1) is 7.47. The van der Waals surface area contributed by atoms with Gasteiger partial charge in [-0.05, 0) is 13.3 Å². The fourth-order valence-corrected chi connectivity index (χ4v) is 0.257. The molecule has 0 aromatic rings. The van der Waals surface area contributed by atoms with E-state index in [1.165, 1.54) is 0 Å². The van der Waals surface area contributed by atoms with E-state index in [0.29, 0.717) is 13.0 Å². The Balaban J connectivity index is 3.26. The van der Waals surface area contributed by atoms with E-state index in [4.69, 9.17) is 0 Å². The van der Waals surface area contributed by atoms with Gasteiger partial charge in [0.1, 0.15) is 12.1 Å². The van der Waals surface area contributed by atoms with Crippen molar-refractivity contribution in [2.75, 3.05) is 6.61 Å². The van der Waals surface area contributed by atoms with Gasteiger partial charge in [0.2, 0.25) is 0 Å². The first-order valence-electron chi connectivity index (χ1n) is 2.77. The molecule has 0 aliphatic rings. The third-order valence-corrected chi connectivity index (χ3v) is 0.716. The molecule has 0 rings (SSSR count). The fourth-order valence-electron chi connectivity index (χ4n) is 0.257. The molecule has 48 valence electrons. The number of hydrogen-bond donors (Lipinski definition) is 0. The van der Waals surface area contributed by atoms with Crippen LogP contribution in [0.15, 0.2) is 12.1 Å². The van der Waals surface area contributed by atoms with Crippen LogP contribution in [0.2, 0.25) is 0 Å². The van der Waals surface area contributed by atoms with Gasteiger partial charge >= 0.3 is 0 Å². The molecular formula is C6H11FO. The summed E-state index contributed by atoms with van der Waals surface area (Å²) < 4.78 is 16.7. The second kappa shape index (κ2) is 4.62. The summed E-state index contributed by atoms with van der Waals surface area (Å²) >= 11 is 0. The minimum atomic E-state index is -0.202. The molecule has 0 aromatic carbocycles. The van der Waals surface area contributed by atoms with Crippen LogP contribution in [0.1, 0.15) is 20.3 Å². The van der Waals surface area contributed by atoms with E-state index in [-0.39, 0.29) is 5.83 Å². The second-order valence-corrected chi connectivity index (χ2v) is 1.37. The smallest absolute Gasteiger partial charge is 0.134 e. The Morgan fingerprint density at radius 1 is 1.62 bits per heavy atom. The first-order chi connectivity index (χ1) is 3.81. The lowest BCUT2D eigenvalue weighted by Gasteiger charge is -1.92. The fraction of sp³-hybridized carbons (Fsp3) is 0.667. The molecule has 0 radical (unpaired) electrons. The van der Waals surface area contributed by atoms with Gasteiger partial charge in [-0.25, -0.2) is 4.39 Å². The van der Waals surface area contributed by atoms with Gasteiger partial charge in [-0.1, -0.05) is 6.92 Å². The summed E-state index contributed by atoms with van der Waals surface area (Å²) in [4.78, 5) is 0. The molecule has 0 atom stereocenters. The van der Waals surface area contributed by atoms with Gasteiger partial charge in [-0.3, -0.25) is 0 Å². The van der Waals surface area contributed by atoms with Crippen LogP contribution in [0.4, 0.5) is 4.39 Å². The predicted molar refractivity (Wildman–Crippen MR) is 31.1 cm³/mol. The van der Waals surface area contributed by atoms with E-state index in [2.05, 4.69) is 4.74 Å².